The fourth-order valence-corrected chi connectivity index (χ4v) is 3.59. The molecule has 0 saturated heterocycles. The lowest BCUT2D eigenvalue weighted by atomic mass is 9.76. The number of benzene rings is 1. The van der Waals surface area contributed by atoms with Crippen molar-refractivity contribution in [2.45, 2.75) is 78.1 Å². The summed E-state index contributed by atoms with van der Waals surface area (Å²) < 4.78 is 6.12. The smallest absolute Gasteiger partial charge is 0.240 e. The SMILES string of the molecule is CCC(C)(C)c1ccc(OCCCC(=O)NN=Cc2cccs2)c(C(C)(C)CC)c1. The molecule has 0 aliphatic carbocycles. The van der Waals surface area contributed by atoms with Gasteiger partial charge in [0.25, 0.3) is 0 Å². The zero-order chi connectivity index (χ0) is 22.2. The van der Waals surface area contributed by atoms with Gasteiger partial charge in [0.05, 0.1) is 12.8 Å². The molecule has 0 aliphatic heterocycles. The second-order valence-electron chi connectivity index (χ2n) is 8.95. The van der Waals surface area contributed by atoms with Gasteiger partial charge >= 0.3 is 0 Å². The largest absolute Gasteiger partial charge is 0.493 e. The Morgan fingerprint density at radius 1 is 1.13 bits per heavy atom. The summed E-state index contributed by atoms with van der Waals surface area (Å²) in [6, 6.07) is 10.5. The molecule has 0 saturated carbocycles. The lowest BCUT2D eigenvalue weighted by molar-refractivity contribution is -0.121. The summed E-state index contributed by atoms with van der Waals surface area (Å²) in [7, 11) is 0. The minimum atomic E-state index is -0.0967. The number of amides is 1. The summed E-state index contributed by atoms with van der Waals surface area (Å²) in [6.07, 6.45) is 4.81. The van der Waals surface area contributed by atoms with E-state index in [1.165, 1.54) is 11.1 Å². The summed E-state index contributed by atoms with van der Waals surface area (Å²) in [5, 5.41) is 5.97. The van der Waals surface area contributed by atoms with Gasteiger partial charge in [-0.25, -0.2) is 5.43 Å². The molecule has 0 bridgehead atoms. The third kappa shape index (κ3) is 6.69. The van der Waals surface area contributed by atoms with E-state index in [2.05, 4.69) is 70.3 Å². The van der Waals surface area contributed by atoms with E-state index in [4.69, 9.17) is 4.74 Å². The maximum atomic E-state index is 12.0. The van der Waals surface area contributed by atoms with E-state index in [1.807, 2.05) is 17.5 Å². The molecule has 1 aromatic carbocycles. The second kappa shape index (κ2) is 10.8. The third-order valence-electron chi connectivity index (χ3n) is 5.99. The number of nitrogens with one attached hydrogen (secondary N) is 1. The Hall–Kier alpha value is -2.14. The number of carbonyl (C=O) groups excluding carboxylic acids is 1. The van der Waals surface area contributed by atoms with Crippen LogP contribution in [0.2, 0.25) is 0 Å². The molecule has 4 nitrogen and oxygen atoms in total. The van der Waals surface area contributed by atoms with Gasteiger partial charge in [0.1, 0.15) is 5.75 Å². The molecule has 1 heterocycles. The molecule has 1 N–H and O–H groups in total. The van der Waals surface area contributed by atoms with Gasteiger partial charge in [-0.3, -0.25) is 4.79 Å². The predicted octanol–water partition coefficient (Wildman–Crippen LogP) is 6.43. The Bertz CT molecular complexity index is 839. The van der Waals surface area contributed by atoms with Crippen molar-refractivity contribution in [2.75, 3.05) is 6.61 Å². The Kier molecular flexibility index (Phi) is 8.65. The molecule has 2 aromatic rings. The first-order chi connectivity index (χ1) is 14.2. The quantitative estimate of drug-likeness (QED) is 0.255. The van der Waals surface area contributed by atoms with Crippen LogP contribution >= 0.6 is 11.3 Å². The highest BCUT2D eigenvalue weighted by Crippen LogP contribution is 2.38. The van der Waals surface area contributed by atoms with E-state index < -0.39 is 0 Å². The van der Waals surface area contributed by atoms with Gasteiger partial charge in [-0.15, -0.1) is 11.3 Å². The highest BCUT2D eigenvalue weighted by molar-refractivity contribution is 7.11. The topological polar surface area (TPSA) is 50.7 Å². The number of carbonyl (C=O) groups is 1. The first-order valence-electron chi connectivity index (χ1n) is 10.8. The molecule has 0 fully saturated rings. The zero-order valence-corrected chi connectivity index (χ0v) is 20.1. The first kappa shape index (κ1) is 24.1. The number of rotatable bonds is 11. The predicted molar refractivity (Wildman–Crippen MR) is 128 cm³/mol. The molecule has 164 valence electrons. The number of nitrogens with zero attached hydrogens (tertiary/aromatic N) is 1. The van der Waals surface area contributed by atoms with Crippen LogP contribution in [0.3, 0.4) is 0 Å². The number of hydrogen-bond donors (Lipinski definition) is 1. The monoisotopic (exact) mass is 428 g/mol. The summed E-state index contributed by atoms with van der Waals surface area (Å²) in [5.41, 5.74) is 5.33. The van der Waals surface area contributed by atoms with Crippen LogP contribution in [0.4, 0.5) is 0 Å². The fourth-order valence-electron chi connectivity index (χ4n) is 3.00. The van der Waals surface area contributed by atoms with Gasteiger partial charge in [-0.1, -0.05) is 59.7 Å². The highest BCUT2D eigenvalue weighted by Gasteiger charge is 2.26. The molecular weight excluding hydrogens is 392 g/mol. The first-order valence-corrected chi connectivity index (χ1v) is 11.7. The van der Waals surface area contributed by atoms with Crippen molar-refractivity contribution < 1.29 is 9.53 Å². The average Bonchev–Trinajstić information content (AvgIpc) is 3.24. The van der Waals surface area contributed by atoms with Gasteiger partial charge in [0, 0.05) is 16.9 Å². The minimum absolute atomic E-state index is 0.0308. The van der Waals surface area contributed by atoms with Crippen molar-refractivity contribution in [2.24, 2.45) is 5.10 Å². The number of ether oxygens (including phenoxy) is 1. The van der Waals surface area contributed by atoms with E-state index in [0.717, 1.165) is 23.5 Å². The minimum Gasteiger partial charge on any atom is -0.493 e. The van der Waals surface area contributed by atoms with Crippen LogP contribution in [0.15, 0.2) is 40.8 Å². The summed E-state index contributed by atoms with van der Waals surface area (Å²) in [5.74, 6) is 0.828. The lowest BCUT2D eigenvalue weighted by Crippen LogP contribution is -2.21. The van der Waals surface area contributed by atoms with Gasteiger partial charge in [0.2, 0.25) is 5.91 Å². The molecular formula is C25H36N2O2S. The van der Waals surface area contributed by atoms with Crippen LogP contribution in [0.25, 0.3) is 0 Å². The zero-order valence-electron chi connectivity index (χ0n) is 19.2. The van der Waals surface area contributed by atoms with Gasteiger partial charge in [-0.05, 0) is 53.2 Å². The third-order valence-corrected chi connectivity index (χ3v) is 6.79. The molecule has 0 unspecified atom stereocenters. The molecule has 0 aliphatic rings. The van der Waals surface area contributed by atoms with Crippen LogP contribution in [0.5, 0.6) is 5.75 Å². The molecule has 2 rings (SSSR count). The molecule has 0 radical (unpaired) electrons. The van der Waals surface area contributed by atoms with Crippen LogP contribution in [0.1, 0.15) is 83.2 Å². The van der Waals surface area contributed by atoms with Crippen molar-refractivity contribution in [3.05, 3.63) is 51.7 Å². The van der Waals surface area contributed by atoms with Crippen molar-refractivity contribution in [3.63, 3.8) is 0 Å². The lowest BCUT2D eigenvalue weighted by Gasteiger charge is -2.30. The van der Waals surface area contributed by atoms with Crippen molar-refractivity contribution in [1.82, 2.24) is 5.43 Å². The fraction of sp³-hybridized carbons (Fsp3) is 0.520. The maximum Gasteiger partial charge on any atom is 0.240 e. The molecule has 30 heavy (non-hydrogen) atoms. The van der Waals surface area contributed by atoms with Gasteiger partial charge < -0.3 is 4.74 Å². The number of hydrazone groups is 1. The van der Waals surface area contributed by atoms with E-state index in [0.29, 0.717) is 19.4 Å². The summed E-state index contributed by atoms with van der Waals surface area (Å²) in [4.78, 5) is 13.0. The van der Waals surface area contributed by atoms with Crippen molar-refractivity contribution >= 4 is 23.5 Å². The van der Waals surface area contributed by atoms with Gasteiger partial charge in [-0.2, -0.15) is 5.10 Å². The normalized spacial score (nSPS) is 12.3. The Morgan fingerprint density at radius 2 is 1.87 bits per heavy atom. The number of thiophene rings is 1. The molecule has 0 spiro atoms. The van der Waals surface area contributed by atoms with Crippen molar-refractivity contribution in [1.29, 1.82) is 0 Å². The van der Waals surface area contributed by atoms with E-state index in [-0.39, 0.29) is 16.7 Å². The Balaban J connectivity index is 1.94. The van der Waals surface area contributed by atoms with Crippen LogP contribution in [-0.4, -0.2) is 18.7 Å². The van der Waals surface area contributed by atoms with E-state index >= 15 is 0 Å². The molecule has 5 heteroatoms. The van der Waals surface area contributed by atoms with Crippen LogP contribution < -0.4 is 10.2 Å². The Labute approximate surface area is 185 Å². The highest BCUT2D eigenvalue weighted by atomic mass is 32.1. The second-order valence-corrected chi connectivity index (χ2v) is 9.93. The summed E-state index contributed by atoms with van der Waals surface area (Å²) >= 11 is 1.58. The Morgan fingerprint density at radius 3 is 2.50 bits per heavy atom. The number of hydrogen-bond acceptors (Lipinski definition) is 4. The molecule has 1 aromatic heterocycles. The molecule has 0 atom stereocenters. The van der Waals surface area contributed by atoms with Crippen LogP contribution in [-0.2, 0) is 15.6 Å². The van der Waals surface area contributed by atoms with Crippen LogP contribution in [0, 0.1) is 0 Å². The van der Waals surface area contributed by atoms with E-state index in [9.17, 15) is 4.79 Å². The van der Waals surface area contributed by atoms with E-state index in [1.54, 1.807) is 17.6 Å². The maximum absolute atomic E-state index is 12.0. The molecule has 1 amide bonds. The average molecular weight is 429 g/mol. The van der Waals surface area contributed by atoms with Crippen molar-refractivity contribution in [3.8, 4) is 5.75 Å². The standard InChI is InChI=1S/C25H36N2O2S/c1-7-24(3,4)19-13-14-22(21(17-19)25(5,6)8-2)29-15-9-12-23(28)27-26-18-20-11-10-16-30-20/h10-11,13-14,16-18H,7-9,12,15H2,1-6H3,(H,27,28). The van der Waals surface area contributed by atoms with Gasteiger partial charge in [0.15, 0.2) is 0 Å². The summed E-state index contributed by atoms with van der Waals surface area (Å²) in [6.45, 7) is 14.0.